The molecule has 0 unspecified atom stereocenters. The van der Waals surface area contributed by atoms with Gasteiger partial charge in [0.1, 0.15) is 0 Å². The summed E-state index contributed by atoms with van der Waals surface area (Å²) in [5.74, 6) is 0. The second-order valence-electron chi connectivity index (χ2n) is 8.29. The van der Waals surface area contributed by atoms with E-state index in [0.717, 1.165) is 44.5 Å². The summed E-state index contributed by atoms with van der Waals surface area (Å²) in [6.07, 6.45) is 14.9. The molecule has 1 aliphatic heterocycles. The molecule has 1 aliphatic carbocycles. The maximum atomic E-state index is 4.99. The van der Waals surface area contributed by atoms with E-state index < -0.39 is 0 Å². The Morgan fingerprint density at radius 3 is 2.55 bits per heavy atom. The highest BCUT2D eigenvalue weighted by Gasteiger charge is 2.10. The summed E-state index contributed by atoms with van der Waals surface area (Å²) in [5, 5.41) is 3.68. The topological polar surface area (TPSA) is 28.2 Å². The molecule has 0 amide bonds. The van der Waals surface area contributed by atoms with Crippen molar-refractivity contribution >= 4 is 5.69 Å². The first-order valence-corrected chi connectivity index (χ1v) is 11.2. The molecule has 2 aliphatic rings. The molecule has 1 aromatic heterocycles. The third-order valence-electron chi connectivity index (χ3n) is 5.92. The number of aryl methyl sites for hydroxylation is 1. The quantitative estimate of drug-likeness (QED) is 0.625. The largest absolute Gasteiger partial charge is 0.384 e. The fourth-order valence-electron chi connectivity index (χ4n) is 4.28. The minimum Gasteiger partial charge on any atom is -0.384 e. The molecular formula is C26H33N3. The first kappa shape index (κ1) is 19.9. The van der Waals surface area contributed by atoms with Crippen molar-refractivity contribution in [3.8, 4) is 0 Å². The van der Waals surface area contributed by atoms with Gasteiger partial charge in [0.05, 0.1) is 0 Å². The molecule has 2 aromatic rings. The van der Waals surface area contributed by atoms with Crippen LogP contribution in [0.4, 0.5) is 5.69 Å². The van der Waals surface area contributed by atoms with Gasteiger partial charge in [-0.15, -0.1) is 0 Å². The zero-order chi connectivity index (χ0) is 19.7. The molecule has 4 rings (SSSR count). The molecule has 152 valence electrons. The SMILES string of the molecule is C1=CCC(CCc2cc(NCCN3CCCCC3)cc(Cc3ccccc3)n2)=C1. The van der Waals surface area contributed by atoms with Crippen molar-refractivity contribution in [2.24, 2.45) is 0 Å². The molecule has 0 atom stereocenters. The number of likely N-dealkylation sites (tertiary alicyclic amines) is 1. The van der Waals surface area contributed by atoms with Gasteiger partial charge in [-0.2, -0.15) is 0 Å². The predicted molar refractivity (Wildman–Crippen MR) is 122 cm³/mol. The number of nitrogens with one attached hydrogen (secondary N) is 1. The van der Waals surface area contributed by atoms with Crippen LogP contribution in [0.2, 0.25) is 0 Å². The molecule has 29 heavy (non-hydrogen) atoms. The smallest absolute Gasteiger partial charge is 0.0471 e. The second kappa shape index (κ2) is 10.4. The Bertz CT molecular complexity index is 832. The highest BCUT2D eigenvalue weighted by atomic mass is 15.1. The van der Waals surface area contributed by atoms with Crippen LogP contribution in [-0.4, -0.2) is 36.1 Å². The number of pyridine rings is 1. The zero-order valence-corrected chi connectivity index (χ0v) is 17.4. The highest BCUT2D eigenvalue weighted by molar-refractivity contribution is 5.46. The van der Waals surface area contributed by atoms with E-state index in [0.29, 0.717) is 0 Å². The Morgan fingerprint density at radius 1 is 0.931 bits per heavy atom. The van der Waals surface area contributed by atoms with E-state index in [1.165, 1.54) is 54.9 Å². The zero-order valence-electron chi connectivity index (χ0n) is 17.4. The number of hydrogen-bond donors (Lipinski definition) is 1. The summed E-state index contributed by atoms with van der Waals surface area (Å²) in [6, 6.07) is 15.2. The molecule has 1 aromatic carbocycles. The van der Waals surface area contributed by atoms with E-state index in [1.54, 1.807) is 0 Å². The Balaban J connectivity index is 1.41. The van der Waals surface area contributed by atoms with Crippen LogP contribution in [0.15, 0.2) is 66.3 Å². The molecule has 2 heterocycles. The number of piperidine rings is 1. The Labute approximate surface area is 175 Å². The summed E-state index contributed by atoms with van der Waals surface area (Å²) in [4.78, 5) is 7.58. The maximum absolute atomic E-state index is 4.99. The molecule has 3 nitrogen and oxygen atoms in total. The molecule has 1 saturated heterocycles. The van der Waals surface area contributed by atoms with E-state index in [4.69, 9.17) is 4.98 Å². The van der Waals surface area contributed by atoms with E-state index in [1.807, 2.05) is 0 Å². The predicted octanol–water partition coefficient (Wildman–Crippen LogP) is 5.39. The van der Waals surface area contributed by atoms with Gasteiger partial charge in [-0.3, -0.25) is 4.98 Å². The summed E-state index contributed by atoms with van der Waals surface area (Å²) in [7, 11) is 0. The summed E-state index contributed by atoms with van der Waals surface area (Å²) < 4.78 is 0. The number of benzene rings is 1. The van der Waals surface area contributed by atoms with Gasteiger partial charge < -0.3 is 10.2 Å². The first-order chi connectivity index (χ1) is 14.3. The van der Waals surface area contributed by atoms with Gasteiger partial charge >= 0.3 is 0 Å². The van der Waals surface area contributed by atoms with Gasteiger partial charge in [-0.1, -0.05) is 60.6 Å². The van der Waals surface area contributed by atoms with Crippen LogP contribution in [0, 0.1) is 0 Å². The number of rotatable bonds is 9. The third-order valence-corrected chi connectivity index (χ3v) is 5.92. The first-order valence-electron chi connectivity index (χ1n) is 11.2. The van der Waals surface area contributed by atoms with E-state index in [9.17, 15) is 0 Å². The fraction of sp³-hybridized carbons (Fsp3) is 0.423. The average molecular weight is 388 g/mol. The van der Waals surface area contributed by atoms with Crippen molar-refractivity contribution in [1.82, 2.24) is 9.88 Å². The number of nitrogens with zero attached hydrogens (tertiary/aromatic N) is 2. The van der Waals surface area contributed by atoms with Gasteiger partial charge in [0.2, 0.25) is 0 Å². The molecule has 1 fully saturated rings. The summed E-state index contributed by atoms with van der Waals surface area (Å²) in [5.41, 5.74) is 6.41. The van der Waals surface area contributed by atoms with Crippen molar-refractivity contribution in [2.75, 3.05) is 31.5 Å². The molecule has 3 heteroatoms. The highest BCUT2D eigenvalue weighted by Crippen LogP contribution is 2.20. The second-order valence-corrected chi connectivity index (χ2v) is 8.29. The van der Waals surface area contributed by atoms with Gasteiger partial charge in [0.25, 0.3) is 0 Å². The lowest BCUT2D eigenvalue weighted by Gasteiger charge is -2.26. The van der Waals surface area contributed by atoms with Crippen molar-refractivity contribution in [3.05, 3.63) is 83.2 Å². The standard InChI is InChI=1S/C26H33N3/c1-3-11-23(12-4-1)19-26-21-25(27-15-18-29-16-7-2-8-17-29)20-24(28-26)14-13-22-9-5-6-10-22/h1,3-6,9,11-12,20-21H,2,7-8,10,13-19H2,(H,27,28). The van der Waals surface area contributed by atoms with Crippen molar-refractivity contribution in [3.63, 3.8) is 0 Å². The lowest BCUT2D eigenvalue weighted by molar-refractivity contribution is 0.237. The lowest BCUT2D eigenvalue weighted by atomic mass is 10.1. The minimum absolute atomic E-state index is 0.889. The summed E-state index contributed by atoms with van der Waals surface area (Å²) >= 11 is 0. The van der Waals surface area contributed by atoms with Crippen molar-refractivity contribution in [2.45, 2.75) is 44.9 Å². The molecule has 0 spiro atoms. The number of hydrogen-bond acceptors (Lipinski definition) is 3. The van der Waals surface area contributed by atoms with Gasteiger partial charge in [0, 0.05) is 36.6 Å². The monoisotopic (exact) mass is 387 g/mol. The summed E-state index contributed by atoms with van der Waals surface area (Å²) in [6.45, 7) is 4.64. The minimum atomic E-state index is 0.889. The van der Waals surface area contributed by atoms with Crippen LogP contribution in [0.1, 0.15) is 49.1 Å². The molecule has 0 saturated carbocycles. The normalized spacial score (nSPS) is 16.8. The number of allylic oxidation sites excluding steroid dienone is 4. The van der Waals surface area contributed by atoms with E-state index >= 15 is 0 Å². The van der Waals surface area contributed by atoms with E-state index in [2.05, 4.69) is 70.9 Å². The van der Waals surface area contributed by atoms with Gasteiger partial charge in [0.15, 0.2) is 0 Å². The Morgan fingerprint density at radius 2 is 1.76 bits per heavy atom. The Kier molecular flexibility index (Phi) is 7.14. The molecular weight excluding hydrogens is 354 g/mol. The van der Waals surface area contributed by atoms with Gasteiger partial charge in [-0.25, -0.2) is 0 Å². The van der Waals surface area contributed by atoms with Gasteiger partial charge in [-0.05, 0) is 62.9 Å². The van der Waals surface area contributed by atoms with Crippen molar-refractivity contribution in [1.29, 1.82) is 0 Å². The lowest BCUT2D eigenvalue weighted by Crippen LogP contribution is -2.33. The number of aromatic nitrogens is 1. The Hall–Kier alpha value is -2.39. The maximum Gasteiger partial charge on any atom is 0.0471 e. The van der Waals surface area contributed by atoms with Crippen LogP contribution in [0.5, 0.6) is 0 Å². The van der Waals surface area contributed by atoms with Crippen LogP contribution in [0.3, 0.4) is 0 Å². The molecule has 0 radical (unpaired) electrons. The third kappa shape index (κ3) is 6.30. The average Bonchev–Trinajstić information content (AvgIpc) is 3.28. The van der Waals surface area contributed by atoms with Crippen LogP contribution in [-0.2, 0) is 12.8 Å². The number of anilines is 1. The van der Waals surface area contributed by atoms with Crippen LogP contribution < -0.4 is 5.32 Å². The van der Waals surface area contributed by atoms with Crippen LogP contribution in [0.25, 0.3) is 0 Å². The van der Waals surface area contributed by atoms with Crippen molar-refractivity contribution < 1.29 is 0 Å². The van der Waals surface area contributed by atoms with E-state index in [-0.39, 0.29) is 0 Å². The van der Waals surface area contributed by atoms with Crippen LogP contribution >= 0.6 is 0 Å². The molecule has 1 N–H and O–H groups in total. The fourth-order valence-corrected chi connectivity index (χ4v) is 4.28. The molecule has 0 bridgehead atoms.